The molecule has 0 radical (unpaired) electrons. The van der Waals surface area contributed by atoms with Gasteiger partial charge in [-0.1, -0.05) is 23.7 Å². The second-order valence-electron chi connectivity index (χ2n) is 2.75. The Morgan fingerprint density at radius 3 is 2.69 bits per heavy atom. The summed E-state index contributed by atoms with van der Waals surface area (Å²) in [5, 5.41) is 4.69. The van der Waals surface area contributed by atoms with Crippen LogP contribution >= 0.6 is 22.9 Å². The summed E-state index contributed by atoms with van der Waals surface area (Å²) in [7, 11) is 0. The van der Waals surface area contributed by atoms with E-state index in [0.29, 0.717) is 0 Å². The summed E-state index contributed by atoms with van der Waals surface area (Å²) in [5.41, 5.74) is 8.74. The van der Waals surface area contributed by atoms with Crippen molar-refractivity contribution in [3.05, 3.63) is 40.0 Å². The van der Waals surface area contributed by atoms with Gasteiger partial charge in [-0.2, -0.15) is 0 Å². The van der Waals surface area contributed by atoms with E-state index >= 15 is 0 Å². The van der Waals surface area contributed by atoms with E-state index in [1.807, 2.05) is 35.0 Å². The molecule has 0 aliphatic carbocycles. The molecule has 0 amide bonds. The van der Waals surface area contributed by atoms with Crippen molar-refractivity contribution < 1.29 is 0 Å². The van der Waals surface area contributed by atoms with E-state index in [1.165, 1.54) is 0 Å². The third-order valence-electron chi connectivity index (χ3n) is 1.83. The first-order valence-corrected chi connectivity index (χ1v) is 5.17. The monoisotopic (exact) mass is 209 g/mol. The highest BCUT2D eigenvalue weighted by Crippen LogP contribution is 2.30. The van der Waals surface area contributed by atoms with Crippen LogP contribution in [-0.4, -0.2) is 0 Å². The van der Waals surface area contributed by atoms with Crippen molar-refractivity contribution in [1.29, 1.82) is 0 Å². The Bertz CT molecular complexity index is 422. The average Bonchev–Trinajstić information content (AvgIpc) is 2.51. The minimum Gasteiger partial charge on any atom is -0.398 e. The van der Waals surface area contributed by atoms with Crippen molar-refractivity contribution in [2.75, 3.05) is 5.73 Å². The van der Waals surface area contributed by atoms with Crippen LogP contribution < -0.4 is 5.73 Å². The molecule has 0 aliphatic rings. The van der Waals surface area contributed by atoms with Gasteiger partial charge in [-0.25, -0.2) is 0 Å². The molecule has 0 unspecified atom stereocenters. The van der Waals surface area contributed by atoms with Crippen molar-refractivity contribution in [2.45, 2.75) is 0 Å². The summed E-state index contributed by atoms with van der Waals surface area (Å²) in [4.78, 5) is 0. The third kappa shape index (κ3) is 1.69. The number of hydrogen-bond acceptors (Lipinski definition) is 2. The van der Waals surface area contributed by atoms with E-state index in [2.05, 4.69) is 0 Å². The Morgan fingerprint density at radius 1 is 1.23 bits per heavy atom. The number of anilines is 1. The summed E-state index contributed by atoms with van der Waals surface area (Å²) < 4.78 is 0. The third-order valence-corrected chi connectivity index (χ3v) is 2.82. The lowest BCUT2D eigenvalue weighted by atomic mass is 10.1. The molecular weight excluding hydrogens is 202 g/mol. The number of nitrogen functional groups attached to an aromatic ring is 1. The SMILES string of the molecule is Nc1cscc1-c1cccc(Cl)c1. The highest BCUT2D eigenvalue weighted by atomic mass is 35.5. The topological polar surface area (TPSA) is 26.0 Å². The first kappa shape index (κ1) is 8.60. The molecule has 2 rings (SSSR count). The van der Waals surface area contributed by atoms with Gasteiger partial charge < -0.3 is 5.73 Å². The van der Waals surface area contributed by atoms with Crippen LogP contribution in [0.4, 0.5) is 5.69 Å². The van der Waals surface area contributed by atoms with E-state index in [0.717, 1.165) is 21.8 Å². The van der Waals surface area contributed by atoms with E-state index in [9.17, 15) is 0 Å². The van der Waals surface area contributed by atoms with Crippen LogP contribution in [0, 0.1) is 0 Å². The van der Waals surface area contributed by atoms with Crippen LogP contribution in [0.2, 0.25) is 5.02 Å². The maximum atomic E-state index is 5.88. The Balaban J connectivity index is 2.53. The summed E-state index contributed by atoms with van der Waals surface area (Å²) in [5.74, 6) is 0. The molecule has 0 spiro atoms. The van der Waals surface area contributed by atoms with Crippen molar-refractivity contribution in [2.24, 2.45) is 0 Å². The number of benzene rings is 1. The second kappa shape index (κ2) is 3.40. The van der Waals surface area contributed by atoms with Crippen LogP contribution in [0.25, 0.3) is 11.1 Å². The molecule has 1 aromatic heterocycles. The van der Waals surface area contributed by atoms with Crippen molar-refractivity contribution in [3.63, 3.8) is 0 Å². The molecule has 2 N–H and O–H groups in total. The number of halogens is 1. The second-order valence-corrected chi connectivity index (χ2v) is 3.93. The molecular formula is C10H8ClNS. The van der Waals surface area contributed by atoms with Crippen LogP contribution in [0.15, 0.2) is 35.0 Å². The first-order valence-electron chi connectivity index (χ1n) is 3.85. The fraction of sp³-hybridized carbons (Fsp3) is 0. The smallest absolute Gasteiger partial charge is 0.0502 e. The van der Waals surface area contributed by atoms with E-state index < -0.39 is 0 Å². The normalized spacial score (nSPS) is 10.2. The summed E-state index contributed by atoms with van der Waals surface area (Å²) >= 11 is 7.48. The zero-order valence-corrected chi connectivity index (χ0v) is 8.40. The molecule has 13 heavy (non-hydrogen) atoms. The quantitative estimate of drug-likeness (QED) is 0.763. The molecule has 0 saturated carbocycles. The van der Waals surface area contributed by atoms with Gasteiger partial charge in [0.1, 0.15) is 0 Å². The minimum absolute atomic E-state index is 0.739. The molecule has 1 aromatic carbocycles. The molecule has 0 saturated heterocycles. The zero-order valence-electron chi connectivity index (χ0n) is 6.83. The average molecular weight is 210 g/mol. The zero-order chi connectivity index (χ0) is 9.26. The van der Waals surface area contributed by atoms with Gasteiger partial charge in [0.2, 0.25) is 0 Å². The number of nitrogens with two attached hydrogens (primary N) is 1. The highest BCUT2D eigenvalue weighted by Gasteiger charge is 2.02. The molecule has 0 bridgehead atoms. The molecule has 3 heteroatoms. The molecule has 0 atom stereocenters. The van der Waals surface area contributed by atoms with Gasteiger partial charge in [-0.05, 0) is 17.7 Å². The lowest BCUT2D eigenvalue weighted by Gasteiger charge is -1.99. The predicted molar refractivity (Wildman–Crippen MR) is 59.2 cm³/mol. The van der Waals surface area contributed by atoms with Crippen molar-refractivity contribution in [3.8, 4) is 11.1 Å². The maximum absolute atomic E-state index is 5.88. The molecule has 1 heterocycles. The fourth-order valence-corrected chi connectivity index (χ4v) is 2.14. The Labute approximate surface area is 85.8 Å². The highest BCUT2D eigenvalue weighted by molar-refractivity contribution is 7.08. The van der Waals surface area contributed by atoms with Gasteiger partial charge in [-0.15, -0.1) is 11.3 Å². The largest absolute Gasteiger partial charge is 0.398 e. The van der Waals surface area contributed by atoms with E-state index in [4.69, 9.17) is 17.3 Å². The lowest BCUT2D eigenvalue weighted by molar-refractivity contribution is 1.67. The van der Waals surface area contributed by atoms with Crippen molar-refractivity contribution in [1.82, 2.24) is 0 Å². The molecule has 1 nitrogen and oxygen atoms in total. The maximum Gasteiger partial charge on any atom is 0.0502 e. The molecule has 66 valence electrons. The summed E-state index contributed by atoms with van der Waals surface area (Å²) in [6, 6.07) is 7.70. The number of thiophene rings is 1. The van der Waals surface area contributed by atoms with Crippen LogP contribution in [-0.2, 0) is 0 Å². The van der Waals surface area contributed by atoms with Gasteiger partial charge in [0.25, 0.3) is 0 Å². The lowest BCUT2D eigenvalue weighted by Crippen LogP contribution is -1.84. The van der Waals surface area contributed by atoms with Gasteiger partial charge in [0.05, 0.1) is 5.69 Å². The number of rotatable bonds is 1. The van der Waals surface area contributed by atoms with Crippen LogP contribution in [0.1, 0.15) is 0 Å². The number of hydrogen-bond donors (Lipinski definition) is 1. The van der Waals surface area contributed by atoms with Gasteiger partial charge in [0, 0.05) is 21.3 Å². The predicted octanol–water partition coefficient (Wildman–Crippen LogP) is 3.65. The minimum atomic E-state index is 0.739. The van der Waals surface area contributed by atoms with Gasteiger partial charge >= 0.3 is 0 Å². The fourth-order valence-electron chi connectivity index (χ4n) is 1.20. The molecule has 0 aliphatic heterocycles. The standard InChI is InChI=1S/C10H8ClNS/c11-8-3-1-2-7(4-8)9-5-13-6-10(9)12/h1-6H,12H2. The Morgan fingerprint density at radius 2 is 2.08 bits per heavy atom. The Kier molecular flexibility index (Phi) is 2.25. The van der Waals surface area contributed by atoms with E-state index in [-0.39, 0.29) is 0 Å². The van der Waals surface area contributed by atoms with E-state index in [1.54, 1.807) is 11.3 Å². The molecule has 2 aromatic rings. The summed E-state index contributed by atoms with van der Waals surface area (Å²) in [6.07, 6.45) is 0. The first-order chi connectivity index (χ1) is 6.27. The van der Waals surface area contributed by atoms with Crippen LogP contribution in [0.3, 0.4) is 0 Å². The molecule has 0 fully saturated rings. The van der Waals surface area contributed by atoms with Crippen LogP contribution in [0.5, 0.6) is 0 Å². The van der Waals surface area contributed by atoms with Crippen molar-refractivity contribution >= 4 is 28.6 Å². The van der Waals surface area contributed by atoms with Gasteiger partial charge in [0.15, 0.2) is 0 Å². The Hall–Kier alpha value is -0.990. The summed E-state index contributed by atoms with van der Waals surface area (Å²) in [6.45, 7) is 0. The van der Waals surface area contributed by atoms with Gasteiger partial charge in [-0.3, -0.25) is 0 Å².